The molecule has 0 aliphatic carbocycles. The molecular formula is C82H102F6N18O26. The maximum absolute atomic E-state index is 13.5. The van der Waals surface area contributed by atoms with Crippen molar-refractivity contribution >= 4 is 65.9 Å². The first kappa shape index (κ1) is 119. The molecule has 0 saturated heterocycles. The Morgan fingerprint density at radius 2 is 0.720 bits per heavy atom. The highest BCUT2D eigenvalue weighted by Gasteiger charge is 2.46. The van der Waals surface area contributed by atoms with Crippen LogP contribution in [-0.4, -0.2) is 218 Å². The minimum Gasteiger partial charge on any atom is -0.481 e. The van der Waals surface area contributed by atoms with E-state index in [2.05, 4.69) is 60.4 Å². The number of ether oxygens (including phenoxy) is 8. The summed E-state index contributed by atoms with van der Waals surface area (Å²) in [7, 11) is 0. The molecule has 0 bridgehead atoms. The van der Waals surface area contributed by atoms with E-state index in [-0.39, 0.29) is 71.3 Å². The zero-order valence-corrected chi connectivity index (χ0v) is 72.4. The second kappa shape index (κ2) is 68.3. The molecule has 50 heteroatoms. The van der Waals surface area contributed by atoms with Crippen LogP contribution in [-0.2, 0) is 111 Å². The van der Waals surface area contributed by atoms with Gasteiger partial charge in [-0.25, -0.2) is 69.5 Å². The highest BCUT2D eigenvalue weighted by atomic mass is 19.3. The summed E-state index contributed by atoms with van der Waals surface area (Å²) < 4.78 is 120. The lowest BCUT2D eigenvalue weighted by molar-refractivity contribution is -0.182. The van der Waals surface area contributed by atoms with E-state index in [9.17, 15) is 74.3 Å². The van der Waals surface area contributed by atoms with Gasteiger partial charge in [0.15, 0.2) is 24.4 Å². The summed E-state index contributed by atoms with van der Waals surface area (Å²) in [6.07, 6.45) is -15.6. The van der Waals surface area contributed by atoms with E-state index < -0.39 is 165 Å². The average molecular weight is 1870 g/mol. The van der Waals surface area contributed by atoms with Crippen LogP contribution in [0.4, 0.5) is 40.7 Å². The maximum Gasteiger partial charge on any atom is 0.435 e. The summed E-state index contributed by atoms with van der Waals surface area (Å²) in [6, 6.07) is 51.1. The summed E-state index contributed by atoms with van der Waals surface area (Å²) in [4.78, 5) is 125. The molecule has 8 atom stereocenters. The molecule has 0 saturated carbocycles. The van der Waals surface area contributed by atoms with Crippen LogP contribution in [0.2, 0.25) is 0 Å². The van der Waals surface area contributed by atoms with Gasteiger partial charge in [0.05, 0.1) is 72.2 Å². The van der Waals surface area contributed by atoms with Gasteiger partial charge in [0.25, 0.3) is 11.8 Å². The van der Waals surface area contributed by atoms with Crippen molar-refractivity contribution in [1.82, 2.24) is 10.6 Å². The Morgan fingerprint density at radius 3 is 1.00 bits per heavy atom. The number of aliphatic hydroxyl groups excluding tert-OH is 1. The third-order valence-corrected chi connectivity index (χ3v) is 14.7. The largest absolute Gasteiger partial charge is 0.481 e. The van der Waals surface area contributed by atoms with E-state index in [0.29, 0.717) is 11.1 Å². The highest BCUT2D eigenvalue weighted by Crippen LogP contribution is 2.26. The number of carboxylic acid groups (broad SMARTS) is 7. The van der Waals surface area contributed by atoms with E-state index in [1.54, 1.807) is 187 Å². The van der Waals surface area contributed by atoms with Crippen LogP contribution >= 0.6 is 0 Å². The minimum atomic E-state index is -3.77. The number of halogens is 6. The van der Waals surface area contributed by atoms with Crippen LogP contribution in [0, 0.1) is 0 Å². The van der Waals surface area contributed by atoms with Crippen LogP contribution in [0.5, 0.6) is 0 Å². The second-order valence-electron chi connectivity index (χ2n) is 27.5. The molecule has 44 nitrogen and oxygen atoms in total. The number of carbonyl (C=O) groups is 10. The zero-order valence-electron chi connectivity index (χ0n) is 72.4. The molecule has 0 fully saturated rings. The standard InChI is InChI=1S/C14H24N2O6.2C11H11F2N3O3.2C11H12FN3O3.C11H13N3O3.C11H13NO5.C2H6/c1-13(2,3)21-11(19)15-9(7-8-10(17)18)16-12(20)22-14(4,5)6;2*12-11(13,7-15-16-14)9(10(17)18)19-6-8-4-2-1-3-5-8;2*12-9(6-14-15-13)10(11(16)17)18-7-8-4-2-1-3-5-8;12-14-13-7-6-10(11(15)16)17-8-9-4-2-1-3-5-9;13-6-9(10(14)15)12-11(16)17-7-8-4-2-1-3-5-8;1-2/h7-8H2,1-6H3,(H,17,18)(H,15,16,19,20);2*1-5,9H,6-7H2,(H,17,18);2*1-5,9-10H,6-7H2,(H,16,17);1-5,10H,6-8H2,(H,15,16);1-5,9,13H,6-7H2,(H,12,16)(H,14,15);1-2H3/t;9-;;9-,10+;;;9-;/m.1.1..0./s1. The molecule has 0 aliphatic rings. The van der Waals surface area contributed by atoms with Gasteiger partial charge in [-0.1, -0.05) is 221 Å². The van der Waals surface area contributed by atoms with Crippen molar-refractivity contribution in [2.24, 2.45) is 30.6 Å². The molecule has 0 radical (unpaired) electrons. The van der Waals surface area contributed by atoms with Gasteiger partial charge in [0.1, 0.15) is 36.0 Å². The molecule has 132 heavy (non-hydrogen) atoms. The molecule has 6 rings (SSSR count). The number of nitrogens with zero attached hydrogens (tertiary/aromatic N) is 16. The fourth-order valence-electron chi connectivity index (χ4n) is 8.82. The second-order valence-corrected chi connectivity index (χ2v) is 27.5. The molecule has 4 unspecified atom stereocenters. The number of carboxylic acids is 7. The van der Waals surface area contributed by atoms with Crippen molar-refractivity contribution in [3.8, 4) is 0 Å². The molecule has 6 aromatic rings. The molecule has 0 spiro atoms. The Kier molecular flexibility index (Phi) is 61.7. The van der Waals surface area contributed by atoms with Crippen molar-refractivity contribution < 1.29 is 153 Å². The Bertz CT molecular complexity index is 4540. The first-order chi connectivity index (χ1) is 62.4. The number of benzene rings is 6. The summed E-state index contributed by atoms with van der Waals surface area (Å²) in [6.45, 7) is 9.47. The van der Waals surface area contributed by atoms with Gasteiger partial charge in [0.2, 0.25) is 12.2 Å². The van der Waals surface area contributed by atoms with E-state index >= 15 is 0 Å². The third-order valence-electron chi connectivity index (χ3n) is 14.7. The summed E-state index contributed by atoms with van der Waals surface area (Å²) in [5, 5.41) is 88.9. The van der Waals surface area contributed by atoms with Gasteiger partial charge >= 0.3 is 60.1 Å². The first-order valence-electron chi connectivity index (χ1n) is 38.7. The monoisotopic (exact) mass is 1870 g/mol. The van der Waals surface area contributed by atoms with E-state index in [0.717, 1.165) is 22.3 Å². The number of amides is 3. The molecule has 718 valence electrons. The number of alkyl halides is 6. The topological polar surface area (TPSA) is 687 Å². The van der Waals surface area contributed by atoms with Crippen molar-refractivity contribution in [3.63, 3.8) is 0 Å². The molecule has 6 aromatic carbocycles. The predicted molar refractivity (Wildman–Crippen MR) is 457 cm³/mol. The fraction of sp³-hybridized carbons (Fsp3) is 0.427. The number of hydrogen-bond acceptors (Lipinski definition) is 24. The van der Waals surface area contributed by atoms with Crippen molar-refractivity contribution in [1.29, 1.82) is 0 Å². The van der Waals surface area contributed by atoms with Gasteiger partial charge in [-0.3, -0.25) is 10.1 Å². The van der Waals surface area contributed by atoms with Crippen molar-refractivity contribution in [2.75, 3.05) is 39.3 Å². The summed E-state index contributed by atoms with van der Waals surface area (Å²) in [5.41, 5.74) is 43.0. The SMILES string of the molecule is CC.CC(C)(C)OC(=O)N=C(CCC(=O)O)NC(=O)OC(C)(C)C.O=C(N[C@@H](CO)C(=O)O)OCc1ccccc1.[N-]=[N+]=NCC(F)(F)C(OCc1ccccc1)C(=O)O.[N-]=[N+]=NCC(F)(F)[C@H](OCc1ccccc1)C(=O)O.[N-]=[N+]=NCC(F)C(OCc1ccccc1)C(=O)O.[N-]=[N+]=NCCC(OCc1ccccc1)C(=O)O.[N-]=[N+]=NC[C@@H](F)[C@H](OCc1ccccc1)C(=O)O. The Balaban J connectivity index is 0. The number of nitrogens with one attached hydrogen (secondary N) is 2. The molecule has 0 heterocycles. The number of alkyl carbamates (subject to hydrolysis) is 2. The smallest absolute Gasteiger partial charge is 0.435 e. The number of carbonyl (C=O) groups excluding carboxylic acids is 3. The van der Waals surface area contributed by atoms with Gasteiger partial charge < -0.3 is 84.1 Å². The van der Waals surface area contributed by atoms with E-state index in [1.807, 2.05) is 55.6 Å². The van der Waals surface area contributed by atoms with Crippen LogP contribution in [0.15, 0.2) is 213 Å². The van der Waals surface area contributed by atoms with Crippen LogP contribution in [0.1, 0.15) is 108 Å². The number of hydrogen-bond donors (Lipinski definition) is 10. The molecule has 3 amide bonds. The molecule has 10 N–H and O–H groups in total. The Labute approximate surface area is 750 Å². The van der Waals surface area contributed by atoms with E-state index in [1.165, 1.54) is 0 Å². The molecule has 0 aromatic heterocycles. The lowest BCUT2D eigenvalue weighted by Gasteiger charge is -2.22. The average Bonchev–Trinajstić information content (AvgIpc) is 0.848. The molecular weight excluding hydrogens is 1770 g/mol. The third kappa shape index (κ3) is 59.3. The van der Waals surface area contributed by atoms with E-state index in [4.69, 9.17) is 106 Å². The number of azide groups is 5. The van der Waals surface area contributed by atoms with Crippen molar-refractivity contribution in [3.05, 3.63) is 268 Å². The predicted octanol–water partition coefficient (Wildman–Crippen LogP) is 16.3. The number of aliphatic carboxylic acids is 7. The normalized spacial score (nSPS) is 12.4. The lowest BCUT2D eigenvalue weighted by atomic mass is 10.2. The van der Waals surface area contributed by atoms with Gasteiger partial charge in [-0.05, 0) is 109 Å². The Hall–Kier alpha value is -14.8. The number of aliphatic imine (C=N–C) groups is 1. The van der Waals surface area contributed by atoms with Gasteiger partial charge in [-0.15, -0.1) is 0 Å². The van der Waals surface area contributed by atoms with Crippen molar-refractivity contribution in [2.45, 2.75) is 186 Å². The number of aliphatic hydroxyl groups is 1. The zero-order chi connectivity index (χ0) is 100. The van der Waals surface area contributed by atoms with Crippen LogP contribution < -0.4 is 10.6 Å². The summed E-state index contributed by atoms with van der Waals surface area (Å²) >= 11 is 0. The van der Waals surface area contributed by atoms with Gasteiger partial charge in [-0.2, -0.15) is 4.99 Å². The summed E-state index contributed by atoms with van der Waals surface area (Å²) in [5.74, 6) is -17.6. The Morgan fingerprint density at radius 1 is 0.402 bits per heavy atom. The number of amidine groups is 1. The first-order valence-corrected chi connectivity index (χ1v) is 38.7. The maximum atomic E-state index is 13.5. The van der Waals surface area contributed by atoms with Crippen LogP contribution in [0.25, 0.3) is 52.2 Å². The highest BCUT2D eigenvalue weighted by molar-refractivity contribution is 6.01. The van der Waals surface area contributed by atoms with Gasteiger partial charge in [0, 0.05) is 37.5 Å². The fourth-order valence-corrected chi connectivity index (χ4v) is 8.82. The molecule has 0 aliphatic heterocycles. The van der Waals surface area contributed by atoms with Crippen LogP contribution in [0.3, 0.4) is 0 Å². The quantitative estimate of drug-likeness (QED) is 0.00323. The lowest BCUT2D eigenvalue weighted by Crippen LogP contribution is -2.44. The number of rotatable bonds is 43. The minimum absolute atomic E-state index is 0.0194.